The summed E-state index contributed by atoms with van der Waals surface area (Å²) in [6, 6.07) is 5.46. The van der Waals surface area contributed by atoms with Crippen LogP contribution in [0.25, 0.3) is 0 Å². The molecule has 1 aliphatic heterocycles. The van der Waals surface area contributed by atoms with Crippen molar-refractivity contribution in [2.45, 2.75) is 18.9 Å². The lowest BCUT2D eigenvalue weighted by Crippen LogP contribution is -2.37. The van der Waals surface area contributed by atoms with Gasteiger partial charge in [-0.2, -0.15) is 0 Å². The summed E-state index contributed by atoms with van der Waals surface area (Å²) in [5.41, 5.74) is 0. The number of ether oxygens (including phenoxy) is 1. The fraction of sp³-hybridized carbons (Fsp3) is 0.455. The van der Waals surface area contributed by atoms with Crippen LogP contribution in [0.15, 0.2) is 18.2 Å². The lowest BCUT2D eigenvalue weighted by Gasteiger charge is -2.24. The number of halogens is 2. The second-order valence-corrected chi connectivity index (χ2v) is 4.42. The number of nitrogens with one attached hydrogen (secondary N) is 1. The standard InChI is InChI=1S/C11H13Cl2NO/c12-9-4-1-5-10(11(9)13)15-8-3-2-6-14-7-8/h1,4-5,8,14H,2-3,6-7H2/t8-/m1/s1. The van der Waals surface area contributed by atoms with E-state index in [1.165, 1.54) is 0 Å². The van der Waals surface area contributed by atoms with Crippen molar-refractivity contribution in [1.82, 2.24) is 5.32 Å². The van der Waals surface area contributed by atoms with Crippen LogP contribution in [0.3, 0.4) is 0 Å². The zero-order chi connectivity index (χ0) is 10.7. The zero-order valence-corrected chi connectivity index (χ0v) is 9.81. The zero-order valence-electron chi connectivity index (χ0n) is 8.30. The average Bonchev–Trinajstić information content (AvgIpc) is 2.26. The Morgan fingerprint density at radius 1 is 1.33 bits per heavy atom. The SMILES string of the molecule is Clc1cccc(O[C@@H]2CCCNC2)c1Cl. The molecule has 2 rings (SSSR count). The molecule has 82 valence electrons. The van der Waals surface area contributed by atoms with Crippen LogP contribution in [0.2, 0.25) is 10.0 Å². The summed E-state index contributed by atoms with van der Waals surface area (Å²) in [6.07, 6.45) is 2.41. The van der Waals surface area contributed by atoms with Gasteiger partial charge in [-0.25, -0.2) is 0 Å². The van der Waals surface area contributed by atoms with Crippen molar-refractivity contribution in [3.05, 3.63) is 28.2 Å². The van der Waals surface area contributed by atoms with Crippen LogP contribution in [0, 0.1) is 0 Å². The molecule has 0 spiro atoms. The van der Waals surface area contributed by atoms with Gasteiger partial charge < -0.3 is 10.1 Å². The minimum Gasteiger partial charge on any atom is -0.487 e. The highest BCUT2D eigenvalue weighted by molar-refractivity contribution is 6.42. The van der Waals surface area contributed by atoms with Gasteiger partial charge in [0.2, 0.25) is 0 Å². The van der Waals surface area contributed by atoms with E-state index >= 15 is 0 Å². The van der Waals surface area contributed by atoms with Crippen LogP contribution in [-0.4, -0.2) is 19.2 Å². The summed E-state index contributed by atoms with van der Waals surface area (Å²) in [4.78, 5) is 0. The van der Waals surface area contributed by atoms with E-state index in [1.54, 1.807) is 6.07 Å². The molecule has 1 atom stereocenters. The van der Waals surface area contributed by atoms with Crippen molar-refractivity contribution in [2.75, 3.05) is 13.1 Å². The molecular weight excluding hydrogens is 233 g/mol. The monoisotopic (exact) mass is 245 g/mol. The maximum atomic E-state index is 6.04. The molecule has 1 aliphatic rings. The van der Waals surface area contributed by atoms with Crippen LogP contribution in [0.4, 0.5) is 0 Å². The first-order valence-corrected chi connectivity index (χ1v) is 5.84. The fourth-order valence-corrected chi connectivity index (χ4v) is 2.01. The van der Waals surface area contributed by atoms with Crippen molar-refractivity contribution < 1.29 is 4.74 Å². The van der Waals surface area contributed by atoms with Gasteiger partial charge >= 0.3 is 0 Å². The summed E-state index contributed by atoms with van der Waals surface area (Å²) >= 11 is 11.9. The van der Waals surface area contributed by atoms with Crippen molar-refractivity contribution in [2.24, 2.45) is 0 Å². The quantitative estimate of drug-likeness (QED) is 0.865. The van der Waals surface area contributed by atoms with Gasteiger partial charge in [0.05, 0.1) is 5.02 Å². The average molecular weight is 246 g/mol. The van der Waals surface area contributed by atoms with Crippen LogP contribution in [0.1, 0.15) is 12.8 Å². The molecule has 0 aliphatic carbocycles. The molecule has 1 fully saturated rings. The summed E-state index contributed by atoms with van der Waals surface area (Å²) in [5, 5.41) is 4.33. The Labute approximate surface area is 99.5 Å². The van der Waals surface area contributed by atoms with Crippen LogP contribution >= 0.6 is 23.2 Å². The van der Waals surface area contributed by atoms with E-state index in [9.17, 15) is 0 Å². The number of benzene rings is 1. The molecule has 0 radical (unpaired) electrons. The number of piperidine rings is 1. The minimum absolute atomic E-state index is 0.203. The number of hydrogen-bond donors (Lipinski definition) is 1. The molecule has 0 aromatic heterocycles. The molecule has 0 saturated carbocycles. The summed E-state index contributed by atoms with van der Waals surface area (Å²) in [5.74, 6) is 0.679. The Kier molecular flexibility index (Phi) is 3.73. The highest BCUT2D eigenvalue weighted by atomic mass is 35.5. The molecule has 4 heteroatoms. The Bertz CT molecular complexity index is 337. The van der Waals surface area contributed by atoms with E-state index in [2.05, 4.69) is 5.32 Å². The normalized spacial score (nSPS) is 21.3. The molecule has 0 bridgehead atoms. The molecule has 1 aromatic carbocycles. The van der Waals surface area contributed by atoms with E-state index in [-0.39, 0.29) is 6.10 Å². The Morgan fingerprint density at radius 3 is 2.93 bits per heavy atom. The van der Waals surface area contributed by atoms with Crippen LogP contribution < -0.4 is 10.1 Å². The lowest BCUT2D eigenvalue weighted by atomic mass is 10.1. The van der Waals surface area contributed by atoms with Gasteiger partial charge in [-0.3, -0.25) is 0 Å². The first kappa shape index (κ1) is 11.1. The Morgan fingerprint density at radius 2 is 2.20 bits per heavy atom. The molecule has 0 amide bonds. The van der Waals surface area contributed by atoms with Gasteiger partial charge in [-0.05, 0) is 31.5 Å². The first-order valence-electron chi connectivity index (χ1n) is 5.09. The lowest BCUT2D eigenvalue weighted by molar-refractivity contribution is 0.167. The third-order valence-corrected chi connectivity index (χ3v) is 3.26. The minimum atomic E-state index is 0.203. The Balaban J connectivity index is 2.06. The maximum absolute atomic E-state index is 6.04. The van der Waals surface area contributed by atoms with Crippen molar-refractivity contribution in [1.29, 1.82) is 0 Å². The topological polar surface area (TPSA) is 21.3 Å². The molecule has 15 heavy (non-hydrogen) atoms. The van der Waals surface area contributed by atoms with Crippen molar-refractivity contribution in [3.8, 4) is 5.75 Å². The molecule has 1 saturated heterocycles. The van der Waals surface area contributed by atoms with E-state index in [0.29, 0.717) is 15.8 Å². The van der Waals surface area contributed by atoms with Gasteiger partial charge in [0, 0.05) is 6.54 Å². The highest BCUT2D eigenvalue weighted by Crippen LogP contribution is 2.32. The van der Waals surface area contributed by atoms with Crippen LogP contribution in [0.5, 0.6) is 5.75 Å². The van der Waals surface area contributed by atoms with Gasteiger partial charge in [0.15, 0.2) is 0 Å². The summed E-state index contributed by atoms with van der Waals surface area (Å²) in [6.45, 7) is 1.95. The van der Waals surface area contributed by atoms with Crippen molar-refractivity contribution >= 4 is 23.2 Å². The third-order valence-electron chi connectivity index (χ3n) is 2.46. The molecule has 2 nitrogen and oxygen atoms in total. The molecular formula is C11H13Cl2NO. The van der Waals surface area contributed by atoms with E-state index < -0.39 is 0 Å². The fourth-order valence-electron chi connectivity index (χ4n) is 1.68. The molecule has 1 heterocycles. The second-order valence-electron chi connectivity index (χ2n) is 3.64. The molecule has 0 unspecified atom stereocenters. The predicted molar refractivity (Wildman–Crippen MR) is 63.0 cm³/mol. The smallest absolute Gasteiger partial charge is 0.139 e. The third kappa shape index (κ3) is 2.77. The van der Waals surface area contributed by atoms with Gasteiger partial charge in [0.1, 0.15) is 16.9 Å². The molecule has 1 N–H and O–H groups in total. The largest absolute Gasteiger partial charge is 0.487 e. The van der Waals surface area contributed by atoms with Crippen LogP contribution in [-0.2, 0) is 0 Å². The molecule has 1 aromatic rings. The van der Waals surface area contributed by atoms with Gasteiger partial charge in [-0.15, -0.1) is 0 Å². The number of hydrogen-bond acceptors (Lipinski definition) is 2. The second kappa shape index (κ2) is 5.06. The summed E-state index contributed by atoms with van der Waals surface area (Å²) < 4.78 is 5.79. The predicted octanol–water partition coefficient (Wildman–Crippen LogP) is 3.12. The van der Waals surface area contributed by atoms with Gasteiger partial charge in [-0.1, -0.05) is 29.3 Å². The summed E-state index contributed by atoms with van der Waals surface area (Å²) in [7, 11) is 0. The van der Waals surface area contributed by atoms with E-state index in [0.717, 1.165) is 25.9 Å². The van der Waals surface area contributed by atoms with E-state index in [1.807, 2.05) is 12.1 Å². The Hall–Kier alpha value is -0.440. The number of rotatable bonds is 2. The highest BCUT2D eigenvalue weighted by Gasteiger charge is 2.16. The first-order chi connectivity index (χ1) is 7.27. The van der Waals surface area contributed by atoms with E-state index in [4.69, 9.17) is 27.9 Å². The van der Waals surface area contributed by atoms with Crippen molar-refractivity contribution in [3.63, 3.8) is 0 Å². The van der Waals surface area contributed by atoms with Gasteiger partial charge in [0.25, 0.3) is 0 Å². The maximum Gasteiger partial charge on any atom is 0.139 e.